The number of carbonyl (C=O) groups excluding carboxylic acids is 4. The van der Waals surface area contributed by atoms with Crippen LogP contribution in [0.2, 0.25) is 0 Å². The SMILES string of the molecule is CCCCCCCCCCCCCCCCCCC(=O)OC[C@H](COP(=O)(O)OC[C@@H](O)COP(=O)(O)OC[C@@H](COC(=O)CCCCCCCCC)OC(=O)CCCCCCCCCCCC(C)C)OC(=O)CCCCCCCCCCCCCCCCC(C)C. The minimum atomic E-state index is -4.95. The number of aliphatic hydroxyl groups is 1. The Hall–Kier alpha value is -1.94. The predicted octanol–water partition coefficient (Wildman–Crippen LogP) is 21.2. The van der Waals surface area contributed by atoms with Gasteiger partial charge in [0.15, 0.2) is 12.2 Å². The number of hydrogen-bond donors (Lipinski definition) is 3. The highest BCUT2D eigenvalue weighted by Crippen LogP contribution is 2.45. The van der Waals surface area contributed by atoms with Crippen LogP contribution in [0.1, 0.15) is 375 Å². The molecule has 0 aliphatic rings. The third kappa shape index (κ3) is 66.7. The van der Waals surface area contributed by atoms with Crippen LogP contribution < -0.4 is 0 Å². The summed E-state index contributed by atoms with van der Waals surface area (Å²) in [6.07, 6.45) is 51.5. The fraction of sp³-hybridized carbons (Fsp3) is 0.945. The molecule has 0 amide bonds. The summed E-state index contributed by atoms with van der Waals surface area (Å²) in [5.74, 6) is -0.592. The van der Waals surface area contributed by atoms with Gasteiger partial charge < -0.3 is 33.8 Å². The largest absolute Gasteiger partial charge is 0.472 e. The lowest BCUT2D eigenvalue weighted by molar-refractivity contribution is -0.161. The fourth-order valence-electron chi connectivity index (χ4n) is 11.1. The van der Waals surface area contributed by atoms with E-state index in [0.29, 0.717) is 25.7 Å². The number of phosphoric ester groups is 2. The Kier molecular flexibility index (Phi) is 63.7. The Morgan fingerprint density at radius 2 is 0.500 bits per heavy atom. The van der Waals surface area contributed by atoms with Crippen LogP contribution >= 0.6 is 15.6 Å². The molecular formula is C73H142O17P2. The van der Waals surface area contributed by atoms with Crippen molar-refractivity contribution in [1.82, 2.24) is 0 Å². The summed E-state index contributed by atoms with van der Waals surface area (Å²) in [6, 6.07) is 0. The molecule has 3 N–H and O–H groups in total. The van der Waals surface area contributed by atoms with E-state index in [9.17, 15) is 43.2 Å². The van der Waals surface area contributed by atoms with Crippen molar-refractivity contribution < 1.29 is 80.2 Å². The number of phosphoric acid groups is 2. The average Bonchev–Trinajstić information content (AvgIpc) is 1.52. The van der Waals surface area contributed by atoms with Gasteiger partial charge in [-0.1, -0.05) is 324 Å². The lowest BCUT2D eigenvalue weighted by Crippen LogP contribution is -2.30. The van der Waals surface area contributed by atoms with Crippen molar-refractivity contribution in [2.75, 3.05) is 39.6 Å². The molecule has 0 saturated heterocycles. The Labute approximate surface area is 562 Å². The number of carbonyl (C=O) groups is 4. The van der Waals surface area contributed by atoms with Gasteiger partial charge in [0.05, 0.1) is 26.4 Å². The van der Waals surface area contributed by atoms with Crippen LogP contribution in [0.5, 0.6) is 0 Å². The summed E-state index contributed by atoms with van der Waals surface area (Å²) >= 11 is 0. The molecule has 19 heteroatoms. The lowest BCUT2D eigenvalue weighted by Gasteiger charge is -2.21. The molecule has 0 bridgehead atoms. The maximum atomic E-state index is 13.1. The first-order valence-electron chi connectivity index (χ1n) is 38.0. The van der Waals surface area contributed by atoms with Crippen LogP contribution in [0.15, 0.2) is 0 Å². The quantitative estimate of drug-likeness (QED) is 0.0222. The summed E-state index contributed by atoms with van der Waals surface area (Å²) < 4.78 is 68.3. The highest BCUT2D eigenvalue weighted by Gasteiger charge is 2.30. The van der Waals surface area contributed by atoms with Crippen LogP contribution in [0.4, 0.5) is 0 Å². The molecule has 0 rings (SSSR count). The highest BCUT2D eigenvalue weighted by molar-refractivity contribution is 7.47. The minimum absolute atomic E-state index is 0.105. The van der Waals surface area contributed by atoms with Gasteiger partial charge in [-0.3, -0.25) is 37.3 Å². The van der Waals surface area contributed by atoms with E-state index in [0.717, 1.165) is 115 Å². The number of unbranched alkanes of at least 4 members (excludes halogenated alkanes) is 42. The third-order valence-electron chi connectivity index (χ3n) is 17.0. The van der Waals surface area contributed by atoms with Crippen molar-refractivity contribution in [1.29, 1.82) is 0 Å². The number of aliphatic hydroxyl groups excluding tert-OH is 1. The van der Waals surface area contributed by atoms with Crippen molar-refractivity contribution in [2.45, 2.75) is 394 Å². The maximum absolute atomic E-state index is 13.1. The van der Waals surface area contributed by atoms with Crippen LogP contribution in [-0.4, -0.2) is 96.7 Å². The van der Waals surface area contributed by atoms with E-state index in [4.69, 9.17) is 37.0 Å². The Balaban J connectivity index is 5.20. The summed E-state index contributed by atoms with van der Waals surface area (Å²) in [4.78, 5) is 72.5. The molecule has 0 spiro atoms. The zero-order valence-electron chi connectivity index (χ0n) is 59.9. The molecule has 0 fully saturated rings. The highest BCUT2D eigenvalue weighted by atomic mass is 31.2. The molecule has 0 aromatic heterocycles. The number of rotatable bonds is 72. The van der Waals surface area contributed by atoms with Gasteiger partial charge in [-0.2, -0.15) is 0 Å². The van der Waals surface area contributed by atoms with Crippen molar-refractivity contribution >= 4 is 39.5 Å². The van der Waals surface area contributed by atoms with Gasteiger partial charge >= 0.3 is 39.5 Å². The summed E-state index contributed by atoms with van der Waals surface area (Å²) in [5.41, 5.74) is 0. The van der Waals surface area contributed by atoms with E-state index in [1.54, 1.807) is 0 Å². The second kappa shape index (κ2) is 65.0. The van der Waals surface area contributed by atoms with Gasteiger partial charge in [-0.25, -0.2) is 9.13 Å². The van der Waals surface area contributed by atoms with E-state index in [2.05, 4.69) is 41.5 Å². The standard InChI is InChI=1S/C73H142O17P2/c1-7-9-11-13-15-16-17-18-19-20-24-27-32-38-44-50-56-71(76)84-62-69(90-72(77)57-51-45-39-33-28-25-22-21-23-26-30-36-41-47-53-65(3)4)64-88-92(81,82)86-60-67(74)59-85-91(79,80)87-63-68(61-83-70(75)55-49-43-35-14-12-10-8-2)89-73(78)58-52-46-40-34-29-31-37-42-48-54-66(5)6/h65-69,74H,7-64H2,1-6H3,(H,79,80)(H,81,82)/t67-,68+,69+/m0/s1. The molecular weight excluding hydrogens is 1210 g/mol. The molecule has 546 valence electrons. The Morgan fingerprint density at radius 1 is 0.293 bits per heavy atom. The molecule has 17 nitrogen and oxygen atoms in total. The molecule has 0 aromatic rings. The van der Waals surface area contributed by atoms with Crippen LogP contribution in [0.25, 0.3) is 0 Å². The first-order valence-corrected chi connectivity index (χ1v) is 41.0. The smallest absolute Gasteiger partial charge is 0.462 e. The third-order valence-corrected chi connectivity index (χ3v) is 18.9. The molecule has 2 unspecified atom stereocenters. The summed E-state index contributed by atoms with van der Waals surface area (Å²) in [6.45, 7) is 9.53. The zero-order chi connectivity index (χ0) is 67.9. The normalized spacial score (nSPS) is 14.1. The molecule has 0 radical (unpaired) electrons. The van der Waals surface area contributed by atoms with Crippen molar-refractivity contribution in [3.8, 4) is 0 Å². The molecule has 0 aliphatic heterocycles. The maximum Gasteiger partial charge on any atom is 0.472 e. The zero-order valence-corrected chi connectivity index (χ0v) is 61.6. The van der Waals surface area contributed by atoms with Gasteiger partial charge in [0.1, 0.15) is 19.3 Å². The average molecular weight is 1350 g/mol. The van der Waals surface area contributed by atoms with Gasteiger partial charge in [-0.05, 0) is 37.5 Å². The van der Waals surface area contributed by atoms with E-state index < -0.39 is 97.5 Å². The monoisotopic (exact) mass is 1350 g/mol. The van der Waals surface area contributed by atoms with Crippen molar-refractivity contribution in [3.05, 3.63) is 0 Å². The van der Waals surface area contributed by atoms with Crippen LogP contribution in [0.3, 0.4) is 0 Å². The molecule has 92 heavy (non-hydrogen) atoms. The summed E-state index contributed by atoms with van der Waals surface area (Å²) in [5, 5.41) is 10.6. The van der Waals surface area contributed by atoms with E-state index in [-0.39, 0.29) is 25.7 Å². The van der Waals surface area contributed by atoms with Crippen molar-refractivity contribution in [2.24, 2.45) is 11.8 Å². The Bertz CT molecular complexity index is 1790. The van der Waals surface area contributed by atoms with Gasteiger partial charge in [0.25, 0.3) is 0 Å². The number of ether oxygens (including phenoxy) is 4. The Morgan fingerprint density at radius 3 is 0.739 bits per heavy atom. The second-order valence-electron chi connectivity index (χ2n) is 27.3. The van der Waals surface area contributed by atoms with Gasteiger partial charge in [0.2, 0.25) is 0 Å². The van der Waals surface area contributed by atoms with E-state index in [1.165, 1.54) is 180 Å². The van der Waals surface area contributed by atoms with Crippen LogP contribution in [-0.2, 0) is 65.4 Å². The predicted molar refractivity (Wildman–Crippen MR) is 372 cm³/mol. The molecule has 0 heterocycles. The topological polar surface area (TPSA) is 237 Å². The first kappa shape index (κ1) is 90.1. The first-order chi connectivity index (χ1) is 44.4. The molecule has 0 aliphatic carbocycles. The number of hydrogen-bond acceptors (Lipinski definition) is 15. The van der Waals surface area contributed by atoms with Crippen molar-refractivity contribution in [3.63, 3.8) is 0 Å². The lowest BCUT2D eigenvalue weighted by atomic mass is 10.0. The van der Waals surface area contributed by atoms with E-state index >= 15 is 0 Å². The summed E-state index contributed by atoms with van der Waals surface area (Å²) in [7, 11) is -9.90. The van der Waals surface area contributed by atoms with Gasteiger partial charge in [0, 0.05) is 25.7 Å². The van der Waals surface area contributed by atoms with Crippen LogP contribution in [0, 0.1) is 11.8 Å². The van der Waals surface area contributed by atoms with Gasteiger partial charge in [-0.15, -0.1) is 0 Å². The molecule has 0 saturated carbocycles. The number of esters is 4. The minimum Gasteiger partial charge on any atom is -0.462 e. The molecule has 0 aromatic carbocycles. The van der Waals surface area contributed by atoms with E-state index in [1.807, 2.05) is 0 Å². The fourth-order valence-corrected chi connectivity index (χ4v) is 12.7. The second-order valence-corrected chi connectivity index (χ2v) is 30.2. The molecule has 5 atom stereocenters.